The summed E-state index contributed by atoms with van der Waals surface area (Å²) < 4.78 is 0. The summed E-state index contributed by atoms with van der Waals surface area (Å²) in [6.07, 6.45) is -0.954. The molecule has 0 aromatic carbocycles. The molecule has 0 spiro atoms. The Labute approximate surface area is 116 Å². The zero-order valence-corrected chi connectivity index (χ0v) is 11.2. The van der Waals surface area contributed by atoms with Gasteiger partial charge in [-0.1, -0.05) is 0 Å². The number of hydrogen-bond donors (Lipinski definition) is 4. The maximum Gasteiger partial charge on any atom is 2.00 e. The fourth-order valence-electron chi connectivity index (χ4n) is 0.683. The smallest absolute Gasteiger partial charge is 0.693 e. The van der Waals surface area contributed by atoms with Gasteiger partial charge >= 0.3 is 39.0 Å². The maximum atomic E-state index is 10.9. The van der Waals surface area contributed by atoms with Gasteiger partial charge in [0.05, 0.1) is 6.42 Å². The Balaban J connectivity index is -0.000000327. The van der Waals surface area contributed by atoms with Gasteiger partial charge in [-0.25, -0.2) is 9.59 Å². The molecular formula is C7H13N3O7Pt. The summed E-state index contributed by atoms with van der Waals surface area (Å²) in [5, 5.41) is 26.6. The molecule has 18 heavy (non-hydrogen) atoms. The number of hydrogen-bond acceptors (Lipinski definition) is 4. The van der Waals surface area contributed by atoms with Gasteiger partial charge in [0.15, 0.2) is 0 Å². The number of rotatable bonds is 6. The summed E-state index contributed by atoms with van der Waals surface area (Å²) in [5.41, 5.74) is 0. The van der Waals surface area contributed by atoms with E-state index in [0.29, 0.717) is 0 Å². The molecule has 108 valence electrons. The monoisotopic (exact) mass is 446 g/mol. The molecule has 0 saturated carbocycles. The van der Waals surface area contributed by atoms with E-state index < -0.39 is 42.7 Å². The van der Waals surface area contributed by atoms with E-state index in [9.17, 15) is 19.2 Å². The number of nitrogens with two attached hydrogens (primary N) is 2. The van der Waals surface area contributed by atoms with Crippen LogP contribution in [-0.2, 0) is 40.2 Å². The zero-order chi connectivity index (χ0) is 12.0. The van der Waals surface area contributed by atoms with E-state index in [1.165, 1.54) is 0 Å². The fraction of sp³-hybridized carbons (Fsp3) is 0.429. The van der Waals surface area contributed by atoms with Crippen LogP contribution in [0.2, 0.25) is 0 Å². The van der Waals surface area contributed by atoms with Crippen molar-refractivity contribution in [3.8, 4) is 0 Å². The first-order valence-corrected chi connectivity index (χ1v) is 3.81. The second-order valence-electron chi connectivity index (χ2n) is 2.57. The first kappa shape index (κ1) is 25.4. The number of carboxylic acid groups (broad SMARTS) is 3. The van der Waals surface area contributed by atoms with Crippen molar-refractivity contribution in [1.82, 2.24) is 5.32 Å². The Hall–Kier alpha value is -1.51. The topological polar surface area (TPSA) is 208 Å². The van der Waals surface area contributed by atoms with Gasteiger partial charge < -0.3 is 32.9 Å². The van der Waals surface area contributed by atoms with Crippen LogP contribution >= 0.6 is 0 Å². The minimum absolute atomic E-state index is 0. The minimum Gasteiger partial charge on any atom is -0.693 e. The Morgan fingerprint density at radius 1 is 0.889 bits per heavy atom. The molecule has 0 bridgehead atoms. The van der Waals surface area contributed by atoms with E-state index in [0.717, 1.165) is 0 Å². The third kappa shape index (κ3) is 11.0. The number of aliphatic carboxylic acids is 3. The molecule has 0 aliphatic heterocycles. The van der Waals surface area contributed by atoms with Crippen LogP contribution in [0.3, 0.4) is 0 Å². The van der Waals surface area contributed by atoms with Gasteiger partial charge in [0, 0.05) is 6.42 Å². The van der Waals surface area contributed by atoms with E-state index in [2.05, 4.69) is 0 Å². The summed E-state index contributed by atoms with van der Waals surface area (Å²) in [7, 11) is 0. The van der Waals surface area contributed by atoms with Gasteiger partial charge in [-0.3, -0.25) is 9.59 Å². The van der Waals surface area contributed by atoms with Crippen LogP contribution in [-0.4, -0.2) is 45.2 Å². The first-order chi connectivity index (χ1) is 6.84. The van der Waals surface area contributed by atoms with Gasteiger partial charge in [-0.15, -0.1) is 0 Å². The van der Waals surface area contributed by atoms with Crippen molar-refractivity contribution < 1.29 is 55.6 Å². The minimum atomic E-state index is -2.05. The molecule has 0 rings (SSSR count). The molecule has 0 aliphatic carbocycles. The number of carbonyl (C=O) groups excluding carboxylic acids is 1. The van der Waals surface area contributed by atoms with Gasteiger partial charge in [-0.05, 0) is 0 Å². The average Bonchev–Trinajstić information content (AvgIpc) is 2.09. The molecule has 0 atom stereocenters. The molecule has 0 radical (unpaired) electrons. The third-order valence-electron chi connectivity index (χ3n) is 1.37. The van der Waals surface area contributed by atoms with E-state index in [1.54, 1.807) is 5.32 Å². The van der Waals surface area contributed by atoms with Gasteiger partial charge in [0.1, 0.15) is 0 Å². The number of carboxylic acids is 3. The van der Waals surface area contributed by atoms with Crippen molar-refractivity contribution in [2.75, 3.05) is 0 Å². The van der Waals surface area contributed by atoms with Gasteiger partial charge in [-0.2, -0.15) is 0 Å². The van der Waals surface area contributed by atoms with E-state index in [4.69, 9.17) is 15.3 Å². The quantitative estimate of drug-likeness (QED) is 0.408. The van der Waals surface area contributed by atoms with E-state index in [1.807, 2.05) is 0 Å². The maximum absolute atomic E-state index is 10.9. The van der Waals surface area contributed by atoms with E-state index >= 15 is 0 Å². The van der Waals surface area contributed by atoms with Gasteiger partial charge in [0.25, 0.3) is 0 Å². The molecule has 8 N–H and O–H groups in total. The SMILES string of the molecule is O=C(O)CCC(=O)NC(C(=O)O)C(=O)O.[NH2-].[NH2-].[Pt+2]. The van der Waals surface area contributed by atoms with Crippen molar-refractivity contribution in [2.24, 2.45) is 0 Å². The molecule has 0 heterocycles. The number of amides is 1. The summed E-state index contributed by atoms with van der Waals surface area (Å²) in [6, 6.07) is -2.05. The van der Waals surface area contributed by atoms with Crippen molar-refractivity contribution in [2.45, 2.75) is 18.9 Å². The van der Waals surface area contributed by atoms with Crippen LogP contribution in [0.4, 0.5) is 0 Å². The van der Waals surface area contributed by atoms with Crippen LogP contribution in [0.15, 0.2) is 0 Å². The Bertz CT molecular complexity index is 295. The molecule has 1 amide bonds. The Morgan fingerprint density at radius 2 is 1.28 bits per heavy atom. The molecule has 0 saturated heterocycles. The summed E-state index contributed by atoms with van der Waals surface area (Å²) >= 11 is 0. The average molecular weight is 446 g/mol. The predicted molar refractivity (Wildman–Crippen MR) is 54.6 cm³/mol. The molecular weight excluding hydrogens is 433 g/mol. The second-order valence-corrected chi connectivity index (χ2v) is 2.57. The largest absolute Gasteiger partial charge is 2.00 e. The van der Waals surface area contributed by atoms with Crippen LogP contribution < -0.4 is 5.32 Å². The molecule has 0 aromatic rings. The zero-order valence-electron chi connectivity index (χ0n) is 8.94. The third-order valence-corrected chi connectivity index (χ3v) is 1.37. The van der Waals surface area contributed by atoms with Crippen LogP contribution in [0.25, 0.3) is 12.3 Å². The standard InChI is InChI=1S/C7H9NO7.2H2N.Pt/c9-3(1-2-4(10)11)8-5(6(12)13)7(14)15;;;/h5H,1-2H2,(H,8,9)(H,10,11)(H,12,13)(H,14,15);2*1H2;/q;2*-1;+2. The van der Waals surface area contributed by atoms with Crippen molar-refractivity contribution in [3.63, 3.8) is 0 Å². The van der Waals surface area contributed by atoms with Crippen molar-refractivity contribution >= 4 is 23.8 Å². The molecule has 0 fully saturated rings. The second kappa shape index (κ2) is 12.0. The van der Waals surface area contributed by atoms with Crippen LogP contribution in [0.1, 0.15) is 12.8 Å². The van der Waals surface area contributed by atoms with Crippen molar-refractivity contribution in [3.05, 3.63) is 12.3 Å². The fourth-order valence-corrected chi connectivity index (χ4v) is 0.683. The molecule has 0 aliphatic rings. The van der Waals surface area contributed by atoms with Crippen LogP contribution in [0.5, 0.6) is 0 Å². The Morgan fingerprint density at radius 3 is 1.56 bits per heavy atom. The Kier molecular flexibility index (Phi) is 16.8. The molecule has 10 nitrogen and oxygen atoms in total. The van der Waals surface area contributed by atoms with Crippen molar-refractivity contribution in [1.29, 1.82) is 0 Å². The first-order valence-electron chi connectivity index (χ1n) is 3.81. The van der Waals surface area contributed by atoms with Gasteiger partial charge in [0.2, 0.25) is 11.9 Å². The normalized spacial score (nSPS) is 8.06. The summed E-state index contributed by atoms with van der Waals surface area (Å²) in [4.78, 5) is 41.5. The molecule has 11 heteroatoms. The molecule has 0 unspecified atom stereocenters. The predicted octanol–water partition coefficient (Wildman–Crippen LogP) is -0.0631. The summed E-state index contributed by atoms with van der Waals surface area (Å²) in [5.74, 6) is -5.60. The number of carbonyl (C=O) groups is 4. The van der Waals surface area contributed by atoms with E-state index in [-0.39, 0.29) is 33.4 Å². The van der Waals surface area contributed by atoms with Crippen LogP contribution in [0, 0.1) is 0 Å². The number of nitrogens with one attached hydrogen (secondary N) is 1. The molecule has 0 aromatic heterocycles. The summed E-state index contributed by atoms with van der Waals surface area (Å²) in [6.45, 7) is 0.